The highest BCUT2D eigenvalue weighted by Gasteiger charge is 2.29. The predicted molar refractivity (Wildman–Crippen MR) is 125 cm³/mol. The van der Waals surface area contributed by atoms with Gasteiger partial charge in [-0.05, 0) is 42.0 Å². The quantitative estimate of drug-likeness (QED) is 0.425. The van der Waals surface area contributed by atoms with Crippen LogP contribution in [0.5, 0.6) is 0 Å². The second-order valence-corrected chi connectivity index (χ2v) is 8.38. The first-order valence-corrected chi connectivity index (χ1v) is 10.3. The molecule has 154 valence electrons. The number of rotatable bonds is 4. The van der Waals surface area contributed by atoms with Gasteiger partial charge in [-0.25, -0.2) is 4.98 Å². The monoisotopic (exact) mass is 409 g/mol. The van der Waals surface area contributed by atoms with Gasteiger partial charge in [-0.2, -0.15) is 0 Å². The molecule has 0 radical (unpaired) electrons. The van der Waals surface area contributed by atoms with E-state index in [-0.39, 0.29) is 11.3 Å². The number of anilines is 4. The molecule has 5 rings (SSSR count). The smallest absolute Gasteiger partial charge is 0.259 e. The molecule has 0 spiro atoms. The molecule has 3 N–H and O–H groups in total. The van der Waals surface area contributed by atoms with Crippen molar-refractivity contribution in [2.24, 2.45) is 0 Å². The number of hydrogen-bond donors (Lipinski definition) is 3. The van der Waals surface area contributed by atoms with E-state index in [1.165, 1.54) is 5.56 Å². The zero-order chi connectivity index (χ0) is 21.4. The van der Waals surface area contributed by atoms with Gasteiger partial charge in [-0.15, -0.1) is 0 Å². The van der Waals surface area contributed by atoms with Crippen molar-refractivity contribution in [1.82, 2.24) is 9.97 Å². The van der Waals surface area contributed by atoms with Crippen LogP contribution in [0.15, 0.2) is 73.2 Å². The molecule has 0 atom stereocenters. The van der Waals surface area contributed by atoms with Crippen LogP contribution in [-0.2, 0) is 5.41 Å². The normalized spacial score (nSPS) is 14.0. The van der Waals surface area contributed by atoms with Crippen LogP contribution in [0.3, 0.4) is 0 Å². The molecule has 2 aromatic carbocycles. The van der Waals surface area contributed by atoms with E-state index in [1.54, 1.807) is 24.5 Å². The molecule has 2 aromatic heterocycles. The summed E-state index contributed by atoms with van der Waals surface area (Å²) in [5.41, 5.74) is 4.52. The molecular formula is C25H23N5O. The van der Waals surface area contributed by atoms with Crippen molar-refractivity contribution in [2.45, 2.75) is 19.3 Å². The minimum absolute atomic E-state index is 0.0896. The second-order valence-electron chi connectivity index (χ2n) is 8.38. The van der Waals surface area contributed by atoms with Crippen LogP contribution in [0, 0.1) is 0 Å². The Hall–Kier alpha value is -3.93. The molecule has 6 heteroatoms. The zero-order valence-corrected chi connectivity index (χ0v) is 17.4. The standard InChI is InChI=1S/C25H23N5O/c1-25(2)15-28-22-13-17(8-9-20(22)25)29-24(31)19-6-4-11-27-23(19)30-21-7-3-5-16-14-26-12-10-18(16)21/h3-14,28H,15H2,1-2H3,(H,27,30)(H,29,31). The van der Waals surface area contributed by atoms with Crippen molar-refractivity contribution in [3.05, 3.63) is 84.3 Å². The van der Waals surface area contributed by atoms with E-state index in [4.69, 9.17) is 0 Å². The largest absolute Gasteiger partial charge is 0.384 e. The summed E-state index contributed by atoms with van der Waals surface area (Å²) >= 11 is 0. The van der Waals surface area contributed by atoms with Crippen LogP contribution in [0.1, 0.15) is 29.8 Å². The summed E-state index contributed by atoms with van der Waals surface area (Å²) in [4.78, 5) is 21.7. The number of nitrogens with zero attached hydrogens (tertiary/aromatic N) is 2. The molecule has 0 bridgehead atoms. The third-order valence-corrected chi connectivity index (χ3v) is 5.71. The Kier molecular flexibility index (Phi) is 4.55. The first-order valence-electron chi connectivity index (χ1n) is 10.3. The third kappa shape index (κ3) is 3.57. The van der Waals surface area contributed by atoms with Crippen LogP contribution in [0.25, 0.3) is 10.8 Å². The average Bonchev–Trinajstić information content (AvgIpc) is 3.08. The first kappa shape index (κ1) is 19.1. The second kappa shape index (κ2) is 7.40. The predicted octanol–water partition coefficient (Wildman–Crippen LogP) is 5.33. The molecule has 0 aliphatic carbocycles. The molecule has 1 aliphatic rings. The van der Waals surface area contributed by atoms with Crippen molar-refractivity contribution < 1.29 is 4.79 Å². The molecule has 4 aromatic rings. The van der Waals surface area contributed by atoms with E-state index in [1.807, 2.05) is 42.6 Å². The number of fused-ring (bicyclic) bond motifs is 2. The minimum atomic E-state index is -0.213. The summed E-state index contributed by atoms with van der Waals surface area (Å²) in [6.07, 6.45) is 5.24. The van der Waals surface area contributed by atoms with Crippen LogP contribution in [0.4, 0.5) is 22.9 Å². The van der Waals surface area contributed by atoms with Gasteiger partial charge in [0.1, 0.15) is 5.82 Å². The van der Waals surface area contributed by atoms with Gasteiger partial charge >= 0.3 is 0 Å². The average molecular weight is 409 g/mol. The molecule has 3 heterocycles. The summed E-state index contributed by atoms with van der Waals surface area (Å²) in [6.45, 7) is 5.30. The number of hydrogen-bond acceptors (Lipinski definition) is 5. The van der Waals surface area contributed by atoms with Crippen LogP contribution < -0.4 is 16.0 Å². The highest BCUT2D eigenvalue weighted by molar-refractivity contribution is 6.08. The molecule has 1 aliphatic heterocycles. The topological polar surface area (TPSA) is 78.9 Å². The lowest BCUT2D eigenvalue weighted by Gasteiger charge is -2.17. The Bertz CT molecular complexity index is 1290. The number of carbonyl (C=O) groups excluding carboxylic acids is 1. The molecule has 1 amide bonds. The molecule has 0 fully saturated rings. The number of aromatic nitrogens is 2. The fourth-order valence-electron chi connectivity index (χ4n) is 4.02. The van der Waals surface area contributed by atoms with Gasteiger partial charge < -0.3 is 16.0 Å². The number of carbonyl (C=O) groups is 1. The summed E-state index contributed by atoms with van der Waals surface area (Å²) < 4.78 is 0. The van der Waals surface area contributed by atoms with Crippen molar-refractivity contribution in [2.75, 3.05) is 22.5 Å². The lowest BCUT2D eigenvalue weighted by molar-refractivity contribution is 0.102. The lowest BCUT2D eigenvalue weighted by atomic mass is 9.87. The Labute approximate surface area is 180 Å². The first-order chi connectivity index (χ1) is 15.0. The van der Waals surface area contributed by atoms with Gasteiger partial charge in [0.05, 0.1) is 5.56 Å². The van der Waals surface area contributed by atoms with E-state index in [9.17, 15) is 4.79 Å². The van der Waals surface area contributed by atoms with Gasteiger partial charge in [0.2, 0.25) is 0 Å². The number of benzene rings is 2. The van der Waals surface area contributed by atoms with Gasteiger partial charge in [-0.3, -0.25) is 9.78 Å². The Morgan fingerprint density at radius 2 is 1.97 bits per heavy atom. The van der Waals surface area contributed by atoms with E-state index < -0.39 is 0 Å². The molecule has 0 saturated carbocycles. The zero-order valence-electron chi connectivity index (χ0n) is 17.4. The van der Waals surface area contributed by atoms with E-state index in [0.717, 1.165) is 34.4 Å². The van der Waals surface area contributed by atoms with Crippen LogP contribution in [-0.4, -0.2) is 22.4 Å². The van der Waals surface area contributed by atoms with Crippen LogP contribution >= 0.6 is 0 Å². The summed E-state index contributed by atoms with van der Waals surface area (Å²) in [5, 5.41) is 11.8. The number of amides is 1. The molecule has 0 saturated heterocycles. The number of pyridine rings is 2. The molecule has 0 unspecified atom stereocenters. The SMILES string of the molecule is CC1(C)CNc2cc(NC(=O)c3cccnc3Nc3cccc4cnccc34)ccc21. The van der Waals surface area contributed by atoms with Gasteiger partial charge in [0, 0.05) is 58.4 Å². The Morgan fingerprint density at radius 3 is 2.87 bits per heavy atom. The minimum Gasteiger partial charge on any atom is -0.384 e. The maximum Gasteiger partial charge on any atom is 0.259 e. The summed E-state index contributed by atoms with van der Waals surface area (Å²) in [6, 6.07) is 17.4. The molecule has 31 heavy (non-hydrogen) atoms. The van der Waals surface area contributed by atoms with Gasteiger partial charge in [0.25, 0.3) is 5.91 Å². The van der Waals surface area contributed by atoms with Crippen molar-refractivity contribution in [3.63, 3.8) is 0 Å². The van der Waals surface area contributed by atoms with Crippen LogP contribution in [0.2, 0.25) is 0 Å². The summed E-state index contributed by atoms with van der Waals surface area (Å²) in [5.74, 6) is 0.291. The molecule has 6 nitrogen and oxygen atoms in total. The Balaban J connectivity index is 1.42. The van der Waals surface area contributed by atoms with Crippen molar-refractivity contribution in [3.8, 4) is 0 Å². The number of nitrogens with one attached hydrogen (secondary N) is 3. The van der Waals surface area contributed by atoms with Gasteiger partial charge in [-0.1, -0.05) is 32.0 Å². The third-order valence-electron chi connectivity index (χ3n) is 5.71. The van der Waals surface area contributed by atoms with E-state index in [0.29, 0.717) is 11.4 Å². The Morgan fingerprint density at radius 1 is 1.06 bits per heavy atom. The fourth-order valence-corrected chi connectivity index (χ4v) is 4.02. The van der Waals surface area contributed by atoms with Crippen molar-refractivity contribution in [1.29, 1.82) is 0 Å². The van der Waals surface area contributed by atoms with E-state index in [2.05, 4.69) is 45.8 Å². The molecular weight excluding hydrogens is 386 g/mol. The maximum absolute atomic E-state index is 13.1. The van der Waals surface area contributed by atoms with E-state index >= 15 is 0 Å². The van der Waals surface area contributed by atoms with Gasteiger partial charge in [0.15, 0.2) is 0 Å². The lowest BCUT2D eigenvalue weighted by Crippen LogP contribution is -2.18. The summed E-state index contributed by atoms with van der Waals surface area (Å²) in [7, 11) is 0. The highest BCUT2D eigenvalue weighted by Crippen LogP contribution is 2.37. The highest BCUT2D eigenvalue weighted by atomic mass is 16.1. The fraction of sp³-hybridized carbons (Fsp3) is 0.160. The maximum atomic E-state index is 13.1. The van der Waals surface area contributed by atoms with Crippen molar-refractivity contribution >= 4 is 39.6 Å².